The normalized spacial score (nSPS) is 11.7. The molecule has 0 N–H and O–H groups in total. The Labute approximate surface area is 129 Å². The first kappa shape index (κ1) is 16.2. The Bertz CT molecular complexity index is 304. The summed E-state index contributed by atoms with van der Waals surface area (Å²) < 4.78 is 0. The van der Waals surface area contributed by atoms with E-state index in [-0.39, 0.29) is 0 Å². The molecule has 0 atom stereocenters. The molecule has 18 heavy (non-hydrogen) atoms. The highest BCUT2D eigenvalue weighted by atomic mass is 79.9. The third kappa shape index (κ3) is 5.44. The topological polar surface area (TPSA) is 0 Å². The zero-order valence-corrected chi connectivity index (χ0v) is 14.5. The largest absolute Gasteiger partial charge is 0.0922 e. The van der Waals surface area contributed by atoms with Crippen LogP contribution in [-0.4, -0.2) is 10.7 Å². The Morgan fingerprint density at radius 1 is 0.944 bits per heavy atom. The summed E-state index contributed by atoms with van der Waals surface area (Å²) in [5.74, 6) is 0. The summed E-state index contributed by atoms with van der Waals surface area (Å²) in [6, 6.07) is 10.9. The maximum absolute atomic E-state index is 3.73. The molecule has 1 aromatic rings. The van der Waals surface area contributed by atoms with Crippen molar-refractivity contribution in [1.82, 2.24) is 0 Å². The highest BCUT2D eigenvalue weighted by molar-refractivity contribution is 9.09. The Hall–Kier alpha value is 0.180. The van der Waals surface area contributed by atoms with Crippen molar-refractivity contribution in [3.05, 3.63) is 35.9 Å². The molecule has 0 aliphatic heterocycles. The average molecular weight is 376 g/mol. The van der Waals surface area contributed by atoms with Crippen molar-refractivity contribution in [2.75, 3.05) is 10.7 Å². The Balaban J connectivity index is 2.56. The van der Waals surface area contributed by atoms with Crippen LogP contribution < -0.4 is 0 Å². The molecule has 0 fully saturated rings. The van der Waals surface area contributed by atoms with Crippen LogP contribution in [0.5, 0.6) is 0 Å². The summed E-state index contributed by atoms with van der Waals surface area (Å²) in [4.78, 5) is 0. The van der Waals surface area contributed by atoms with E-state index in [1.165, 1.54) is 37.7 Å². The minimum Gasteiger partial charge on any atom is -0.0922 e. The first-order valence-corrected chi connectivity index (χ1v) is 9.16. The molecule has 1 aromatic carbocycles. The van der Waals surface area contributed by atoms with E-state index < -0.39 is 0 Å². The molecule has 0 amide bonds. The van der Waals surface area contributed by atoms with Gasteiger partial charge in [0.15, 0.2) is 0 Å². The second-order valence-corrected chi connectivity index (χ2v) is 6.36. The van der Waals surface area contributed by atoms with Crippen LogP contribution in [0.25, 0.3) is 0 Å². The maximum Gasteiger partial charge on any atom is 0.00991 e. The summed E-state index contributed by atoms with van der Waals surface area (Å²) in [6.07, 6.45) is 7.86. The number of alkyl halides is 2. The van der Waals surface area contributed by atoms with Crippen molar-refractivity contribution in [1.29, 1.82) is 0 Å². The Kier molecular flexibility index (Phi) is 8.25. The van der Waals surface area contributed by atoms with Gasteiger partial charge in [0.25, 0.3) is 0 Å². The molecule has 0 unspecified atom stereocenters. The van der Waals surface area contributed by atoms with Gasteiger partial charge in [0, 0.05) is 10.7 Å². The molecule has 2 heteroatoms. The SMILES string of the molecule is CCCCCCC(CBr)(CBr)Cc1ccccc1. The van der Waals surface area contributed by atoms with Gasteiger partial charge in [-0.15, -0.1) is 0 Å². The fraction of sp³-hybridized carbons (Fsp3) is 0.625. The van der Waals surface area contributed by atoms with Gasteiger partial charge in [0.05, 0.1) is 0 Å². The fourth-order valence-corrected chi connectivity index (χ4v) is 4.19. The second-order valence-electron chi connectivity index (χ2n) is 5.24. The van der Waals surface area contributed by atoms with Gasteiger partial charge < -0.3 is 0 Å². The lowest BCUT2D eigenvalue weighted by Gasteiger charge is -2.30. The number of hydrogen-bond donors (Lipinski definition) is 0. The van der Waals surface area contributed by atoms with E-state index in [9.17, 15) is 0 Å². The molecule has 0 saturated heterocycles. The molecule has 1 rings (SSSR count). The highest BCUT2D eigenvalue weighted by Crippen LogP contribution is 2.34. The lowest BCUT2D eigenvalue weighted by Crippen LogP contribution is -2.27. The van der Waals surface area contributed by atoms with Crippen LogP contribution in [0.1, 0.15) is 44.6 Å². The van der Waals surface area contributed by atoms with Gasteiger partial charge >= 0.3 is 0 Å². The van der Waals surface area contributed by atoms with Gasteiger partial charge in [0.2, 0.25) is 0 Å². The predicted octanol–water partition coefficient (Wildman–Crippen LogP) is 5.98. The van der Waals surface area contributed by atoms with Crippen LogP contribution in [-0.2, 0) is 6.42 Å². The standard InChI is InChI=1S/C16H24Br2/c1-2-3-4-8-11-16(13-17,14-18)12-15-9-6-5-7-10-15/h5-7,9-10H,2-4,8,11-14H2,1H3. The van der Waals surface area contributed by atoms with Crippen molar-refractivity contribution in [2.45, 2.75) is 45.4 Å². The van der Waals surface area contributed by atoms with Crippen LogP contribution in [0, 0.1) is 5.41 Å². The molecule has 102 valence electrons. The van der Waals surface area contributed by atoms with Gasteiger partial charge in [-0.05, 0) is 23.8 Å². The van der Waals surface area contributed by atoms with E-state index in [0.717, 1.165) is 17.1 Å². The third-order valence-corrected chi connectivity index (χ3v) is 5.93. The molecule has 0 heterocycles. The van der Waals surface area contributed by atoms with E-state index in [1.807, 2.05) is 0 Å². The fourth-order valence-electron chi connectivity index (χ4n) is 2.31. The Morgan fingerprint density at radius 2 is 1.61 bits per heavy atom. The van der Waals surface area contributed by atoms with E-state index >= 15 is 0 Å². The van der Waals surface area contributed by atoms with E-state index in [0.29, 0.717) is 5.41 Å². The minimum atomic E-state index is 0.370. The van der Waals surface area contributed by atoms with Gasteiger partial charge in [-0.1, -0.05) is 94.8 Å². The zero-order valence-electron chi connectivity index (χ0n) is 11.3. The summed E-state index contributed by atoms with van der Waals surface area (Å²) in [6.45, 7) is 2.27. The van der Waals surface area contributed by atoms with Crippen molar-refractivity contribution in [3.8, 4) is 0 Å². The molecule has 0 aliphatic rings. The summed E-state index contributed by atoms with van der Waals surface area (Å²) in [5.41, 5.74) is 1.82. The molecule has 0 aliphatic carbocycles. The van der Waals surface area contributed by atoms with E-state index in [2.05, 4.69) is 69.1 Å². The number of unbranched alkanes of at least 4 members (excludes halogenated alkanes) is 3. The van der Waals surface area contributed by atoms with Gasteiger partial charge in [0.1, 0.15) is 0 Å². The third-order valence-electron chi connectivity index (χ3n) is 3.55. The Morgan fingerprint density at radius 3 is 2.17 bits per heavy atom. The smallest absolute Gasteiger partial charge is 0.00991 e. The van der Waals surface area contributed by atoms with E-state index in [1.54, 1.807) is 0 Å². The highest BCUT2D eigenvalue weighted by Gasteiger charge is 2.27. The van der Waals surface area contributed by atoms with Gasteiger partial charge in [-0.25, -0.2) is 0 Å². The molecule has 0 radical (unpaired) electrons. The lowest BCUT2D eigenvalue weighted by molar-refractivity contribution is 0.338. The average Bonchev–Trinajstić information content (AvgIpc) is 2.43. The predicted molar refractivity (Wildman–Crippen MR) is 88.9 cm³/mol. The van der Waals surface area contributed by atoms with Crippen molar-refractivity contribution in [2.24, 2.45) is 5.41 Å². The quantitative estimate of drug-likeness (QED) is 0.368. The molecule has 0 aromatic heterocycles. The first-order valence-electron chi connectivity index (χ1n) is 6.92. The second kappa shape index (κ2) is 9.14. The zero-order chi connectivity index (χ0) is 13.3. The summed E-state index contributed by atoms with van der Waals surface area (Å²) >= 11 is 7.46. The van der Waals surface area contributed by atoms with Crippen LogP contribution in [0.3, 0.4) is 0 Å². The first-order chi connectivity index (χ1) is 8.76. The number of hydrogen-bond acceptors (Lipinski definition) is 0. The van der Waals surface area contributed by atoms with Crippen molar-refractivity contribution in [3.63, 3.8) is 0 Å². The lowest BCUT2D eigenvalue weighted by atomic mass is 9.81. The van der Waals surface area contributed by atoms with Crippen LogP contribution in [0.2, 0.25) is 0 Å². The molecule has 0 bridgehead atoms. The summed E-state index contributed by atoms with van der Waals surface area (Å²) in [5, 5.41) is 2.15. The van der Waals surface area contributed by atoms with Gasteiger partial charge in [-0.3, -0.25) is 0 Å². The molecular weight excluding hydrogens is 352 g/mol. The molecule has 0 spiro atoms. The van der Waals surface area contributed by atoms with Crippen molar-refractivity contribution >= 4 is 31.9 Å². The van der Waals surface area contributed by atoms with Crippen molar-refractivity contribution < 1.29 is 0 Å². The van der Waals surface area contributed by atoms with Crippen LogP contribution in [0.15, 0.2) is 30.3 Å². The number of benzene rings is 1. The van der Waals surface area contributed by atoms with Gasteiger partial charge in [-0.2, -0.15) is 0 Å². The van der Waals surface area contributed by atoms with Crippen LogP contribution in [0.4, 0.5) is 0 Å². The number of halogens is 2. The van der Waals surface area contributed by atoms with Crippen LogP contribution >= 0.6 is 31.9 Å². The summed E-state index contributed by atoms with van der Waals surface area (Å²) in [7, 11) is 0. The minimum absolute atomic E-state index is 0.370. The molecule has 0 nitrogen and oxygen atoms in total. The molecule has 0 saturated carbocycles. The monoisotopic (exact) mass is 374 g/mol. The maximum atomic E-state index is 3.73. The molecular formula is C16H24Br2. The van der Waals surface area contributed by atoms with E-state index in [4.69, 9.17) is 0 Å². The number of rotatable bonds is 9.